The number of rotatable bonds is 3. The van der Waals surface area contributed by atoms with Crippen LogP contribution < -0.4 is 5.32 Å². The molecule has 1 heterocycles. The molecule has 0 atom stereocenters. The van der Waals surface area contributed by atoms with Gasteiger partial charge in [0.25, 0.3) is 5.91 Å². The van der Waals surface area contributed by atoms with Gasteiger partial charge in [0.1, 0.15) is 12.0 Å². The van der Waals surface area contributed by atoms with E-state index in [1.165, 1.54) is 0 Å². The van der Waals surface area contributed by atoms with Crippen molar-refractivity contribution in [2.24, 2.45) is 0 Å². The molecule has 0 aromatic carbocycles. The van der Waals surface area contributed by atoms with Gasteiger partial charge in [-0.15, -0.1) is 0 Å². The molecule has 0 fully saturated rings. The van der Waals surface area contributed by atoms with E-state index in [4.69, 9.17) is 0 Å². The molecule has 0 unspecified atom stereocenters. The maximum Gasteiger partial charge on any atom is 0.268 e. The molecule has 0 saturated heterocycles. The van der Waals surface area contributed by atoms with Crippen LogP contribution in [-0.2, 0) is 4.79 Å². The SMILES string of the molecule is O=CCNC(=O)c1cc(I)c[nH]1. The summed E-state index contributed by atoms with van der Waals surface area (Å²) in [7, 11) is 0. The van der Waals surface area contributed by atoms with E-state index in [0.717, 1.165) is 3.57 Å². The Balaban J connectivity index is 2.59. The summed E-state index contributed by atoms with van der Waals surface area (Å²) < 4.78 is 0.962. The standard InChI is InChI=1S/C7H7IN2O2/c8-5-3-6(10-4-5)7(12)9-1-2-11/h2-4,10H,1H2,(H,9,12). The topological polar surface area (TPSA) is 62.0 Å². The third-order valence-corrected chi connectivity index (χ3v) is 1.86. The minimum absolute atomic E-state index is 0.0500. The van der Waals surface area contributed by atoms with Crippen LogP contribution in [0.1, 0.15) is 10.5 Å². The van der Waals surface area contributed by atoms with Crippen molar-refractivity contribution in [3.05, 3.63) is 21.5 Å². The molecule has 64 valence electrons. The van der Waals surface area contributed by atoms with Gasteiger partial charge in [-0.2, -0.15) is 0 Å². The lowest BCUT2D eigenvalue weighted by atomic mass is 10.4. The Labute approximate surface area is 82.9 Å². The summed E-state index contributed by atoms with van der Waals surface area (Å²) in [6.45, 7) is 0.0500. The number of aromatic nitrogens is 1. The second-order valence-corrected chi connectivity index (χ2v) is 3.35. The molecule has 1 rings (SSSR count). The maximum atomic E-state index is 11.1. The van der Waals surface area contributed by atoms with Crippen LogP contribution in [-0.4, -0.2) is 23.7 Å². The molecule has 1 amide bonds. The Hall–Kier alpha value is -0.850. The van der Waals surface area contributed by atoms with E-state index in [2.05, 4.69) is 32.9 Å². The lowest BCUT2D eigenvalue weighted by Crippen LogP contribution is -2.25. The first kappa shape index (κ1) is 9.24. The van der Waals surface area contributed by atoms with Crippen LogP contribution >= 0.6 is 22.6 Å². The molecular formula is C7H7IN2O2. The number of nitrogens with one attached hydrogen (secondary N) is 2. The minimum atomic E-state index is -0.259. The van der Waals surface area contributed by atoms with Crippen molar-refractivity contribution in [1.29, 1.82) is 0 Å². The molecule has 0 bridgehead atoms. The van der Waals surface area contributed by atoms with Crippen molar-refractivity contribution in [2.45, 2.75) is 0 Å². The highest BCUT2D eigenvalue weighted by atomic mass is 127. The second kappa shape index (κ2) is 4.24. The summed E-state index contributed by atoms with van der Waals surface area (Å²) in [6.07, 6.45) is 2.36. The molecular weight excluding hydrogens is 271 g/mol. The Bertz CT molecular complexity index is 295. The molecule has 4 nitrogen and oxygen atoms in total. The van der Waals surface area contributed by atoms with Crippen molar-refractivity contribution in [3.8, 4) is 0 Å². The summed E-state index contributed by atoms with van der Waals surface area (Å²) in [4.78, 5) is 23.8. The number of amides is 1. The van der Waals surface area contributed by atoms with E-state index in [0.29, 0.717) is 12.0 Å². The van der Waals surface area contributed by atoms with Crippen molar-refractivity contribution in [1.82, 2.24) is 10.3 Å². The minimum Gasteiger partial charge on any atom is -0.356 e. The van der Waals surface area contributed by atoms with Gasteiger partial charge in [0.05, 0.1) is 6.54 Å². The molecule has 1 aromatic rings. The average Bonchev–Trinajstić information content (AvgIpc) is 2.47. The Morgan fingerprint density at radius 1 is 1.75 bits per heavy atom. The lowest BCUT2D eigenvalue weighted by Gasteiger charge is -1.96. The highest BCUT2D eigenvalue weighted by Gasteiger charge is 2.05. The molecule has 0 aliphatic heterocycles. The molecule has 0 radical (unpaired) electrons. The van der Waals surface area contributed by atoms with Crippen LogP contribution in [0.25, 0.3) is 0 Å². The molecule has 2 N–H and O–H groups in total. The van der Waals surface area contributed by atoms with Gasteiger partial charge < -0.3 is 15.1 Å². The Morgan fingerprint density at radius 2 is 2.50 bits per heavy atom. The van der Waals surface area contributed by atoms with E-state index < -0.39 is 0 Å². The third kappa shape index (κ3) is 2.33. The van der Waals surface area contributed by atoms with E-state index >= 15 is 0 Å². The van der Waals surface area contributed by atoms with E-state index in [1.807, 2.05) is 0 Å². The second-order valence-electron chi connectivity index (χ2n) is 2.11. The first-order chi connectivity index (χ1) is 5.74. The molecule has 1 aromatic heterocycles. The summed E-state index contributed by atoms with van der Waals surface area (Å²) in [5.74, 6) is -0.259. The Morgan fingerprint density at radius 3 is 3.00 bits per heavy atom. The molecule has 0 aliphatic rings. The van der Waals surface area contributed by atoms with Gasteiger partial charge in [-0.25, -0.2) is 0 Å². The largest absolute Gasteiger partial charge is 0.356 e. The van der Waals surface area contributed by atoms with Crippen LogP contribution in [0.2, 0.25) is 0 Å². The number of hydrogen-bond acceptors (Lipinski definition) is 2. The predicted molar refractivity (Wildman–Crippen MR) is 51.9 cm³/mol. The molecule has 0 aliphatic carbocycles. The summed E-state index contributed by atoms with van der Waals surface area (Å²) in [5.41, 5.74) is 0.473. The molecule has 0 saturated carbocycles. The predicted octanol–water partition coefficient (Wildman–Crippen LogP) is 0.548. The molecule has 12 heavy (non-hydrogen) atoms. The molecule has 0 spiro atoms. The maximum absolute atomic E-state index is 11.1. The van der Waals surface area contributed by atoms with E-state index in [-0.39, 0.29) is 12.5 Å². The van der Waals surface area contributed by atoms with Crippen LogP contribution in [0.3, 0.4) is 0 Å². The summed E-state index contributed by atoms with van der Waals surface area (Å²) in [5, 5.41) is 2.42. The molecule has 5 heteroatoms. The van der Waals surface area contributed by atoms with Crippen molar-refractivity contribution >= 4 is 34.8 Å². The van der Waals surface area contributed by atoms with E-state index in [9.17, 15) is 9.59 Å². The van der Waals surface area contributed by atoms with Gasteiger partial charge in [-0.3, -0.25) is 4.79 Å². The summed E-state index contributed by atoms with van der Waals surface area (Å²) >= 11 is 2.09. The normalized spacial score (nSPS) is 9.42. The fraction of sp³-hybridized carbons (Fsp3) is 0.143. The first-order valence-electron chi connectivity index (χ1n) is 3.30. The number of hydrogen-bond donors (Lipinski definition) is 2. The smallest absolute Gasteiger partial charge is 0.268 e. The fourth-order valence-electron chi connectivity index (χ4n) is 0.729. The first-order valence-corrected chi connectivity index (χ1v) is 4.37. The van der Waals surface area contributed by atoms with Gasteiger partial charge in [-0.05, 0) is 28.7 Å². The van der Waals surface area contributed by atoms with Crippen LogP contribution in [0, 0.1) is 3.57 Å². The zero-order chi connectivity index (χ0) is 8.97. The number of halogens is 1. The zero-order valence-electron chi connectivity index (χ0n) is 6.13. The number of aldehydes is 1. The van der Waals surface area contributed by atoms with Gasteiger partial charge in [0.15, 0.2) is 0 Å². The number of H-pyrrole nitrogens is 1. The fourth-order valence-corrected chi connectivity index (χ4v) is 1.20. The highest BCUT2D eigenvalue weighted by Crippen LogP contribution is 2.05. The van der Waals surface area contributed by atoms with Gasteiger partial charge in [-0.1, -0.05) is 0 Å². The average molecular weight is 278 g/mol. The van der Waals surface area contributed by atoms with Crippen molar-refractivity contribution in [2.75, 3.05) is 6.54 Å². The summed E-state index contributed by atoms with van der Waals surface area (Å²) in [6, 6.07) is 1.71. The van der Waals surface area contributed by atoms with Gasteiger partial charge >= 0.3 is 0 Å². The lowest BCUT2D eigenvalue weighted by molar-refractivity contribution is -0.107. The van der Waals surface area contributed by atoms with Gasteiger partial charge in [0, 0.05) is 9.77 Å². The number of aromatic amines is 1. The monoisotopic (exact) mass is 278 g/mol. The van der Waals surface area contributed by atoms with Crippen molar-refractivity contribution in [3.63, 3.8) is 0 Å². The third-order valence-electron chi connectivity index (χ3n) is 1.24. The van der Waals surface area contributed by atoms with Crippen LogP contribution in [0.4, 0.5) is 0 Å². The zero-order valence-corrected chi connectivity index (χ0v) is 8.29. The Kier molecular flexibility index (Phi) is 3.27. The van der Waals surface area contributed by atoms with E-state index in [1.54, 1.807) is 12.3 Å². The van der Waals surface area contributed by atoms with Crippen LogP contribution in [0.15, 0.2) is 12.3 Å². The van der Waals surface area contributed by atoms with Crippen molar-refractivity contribution < 1.29 is 9.59 Å². The quantitative estimate of drug-likeness (QED) is 0.626. The highest BCUT2D eigenvalue weighted by molar-refractivity contribution is 14.1. The van der Waals surface area contributed by atoms with Crippen LogP contribution in [0.5, 0.6) is 0 Å². The van der Waals surface area contributed by atoms with Gasteiger partial charge in [0.2, 0.25) is 0 Å². The number of carbonyl (C=O) groups is 2. The number of carbonyl (C=O) groups excluding carboxylic acids is 2.